The van der Waals surface area contributed by atoms with Crippen molar-refractivity contribution in [3.8, 4) is 11.4 Å². The first-order valence-corrected chi connectivity index (χ1v) is 7.89. The molecule has 0 bridgehead atoms. The number of nitrogens with zero attached hydrogens (tertiary/aromatic N) is 3. The molecule has 0 amide bonds. The molecule has 6 heteroatoms. The zero-order chi connectivity index (χ0) is 16.2. The second kappa shape index (κ2) is 6.75. The number of nitrogens with two attached hydrogens (primary N) is 1. The van der Waals surface area contributed by atoms with Gasteiger partial charge in [0, 0.05) is 28.4 Å². The van der Waals surface area contributed by atoms with E-state index in [1.165, 1.54) is 0 Å². The SMILES string of the molecule is CC(C)C[C@H](N)CNc1cccc(-c2[nH]nc3ncccc23)n1.[HH].[HH].[HH]. The van der Waals surface area contributed by atoms with Gasteiger partial charge >= 0.3 is 0 Å². The van der Waals surface area contributed by atoms with Gasteiger partial charge in [0.25, 0.3) is 0 Å². The van der Waals surface area contributed by atoms with Crippen molar-refractivity contribution in [2.24, 2.45) is 11.7 Å². The molecule has 3 aromatic heterocycles. The standard InChI is InChI=1S/C17H22N6.3H2/c1-11(2)9-12(18)10-20-15-7-3-6-14(21-15)16-13-5-4-8-19-17(13)23-22-16;;;/h3-8,11-12H,9-10,18H2,1-2H3,(H,20,21)(H,19,22,23);3*1H/t12-;;;/m0.../s1. The van der Waals surface area contributed by atoms with Crippen LogP contribution >= 0.6 is 0 Å². The Hall–Kier alpha value is -2.47. The average Bonchev–Trinajstić information content (AvgIpc) is 2.97. The Balaban J connectivity index is 0.00000208. The normalized spacial score (nSPS) is 12.7. The molecule has 0 spiro atoms. The van der Waals surface area contributed by atoms with Crippen LogP contribution in [0.5, 0.6) is 0 Å². The minimum Gasteiger partial charge on any atom is -0.368 e. The van der Waals surface area contributed by atoms with E-state index < -0.39 is 0 Å². The highest BCUT2D eigenvalue weighted by molar-refractivity contribution is 5.89. The lowest BCUT2D eigenvalue weighted by Crippen LogP contribution is -2.30. The van der Waals surface area contributed by atoms with Crippen molar-refractivity contribution in [2.75, 3.05) is 11.9 Å². The van der Waals surface area contributed by atoms with E-state index in [1.54, 1.807) is 6.20 Å². The monoisotopic (exact) mass is 316 g/mol. The van der Waals surface area contributed by atoms with Gasteiger partial charge in [-0.3, -0.25) is 5.10 Å². The highest BCUT2D eigenvalue weighted by Crippen LogP contribution is 2.24. The maximum atomic E-state index is 6.11. The lowest BCUT2D eigenvalue weighted by molar-refractivity contribution is 0.508. The number of rotatable bonds is 6. The molecule has 3 aromatic rings. The van der Waals surface area contributed by atoms with E-state index >= 15 is 0 Å². The Morgan fingerprint density at radius 1 is 1.26 bits per heavy atom. The molecule has 0 aliphatic rings. The summed E-state index contributed by atoms with van der Waals surface area (Å²) in [6, 6.07) is 9.89. The second-order valence-corrected chi connectivity index (χ2v) is 6.15. The number of H-pyrrole nitrogens is 1. The number of pyridine rings is 2. The third-order valence-corrected chi connectivity index (χ3v) is 3.65. The third kappa shape index (κ3) is 3.65. The van der Waals surface area contributed by atoms with E-state index in [4.69, 9.17) is 5.73 Å². The van der Waals surface area contributed by atoms with Gasteiger partial charge in [0.05, 0.1) is 11.4 Å². The lowest BCUT2D eigenvalue weighted by Gasteiger charge is -2.15. The van der Waals surface area contributed by atoms with Crippen LogP contribution in [0, 0.1) is 5.92 Å². The molecule has 0 saturated carbocycles. The molecular weight excluding hydrogens is 288 g/mol. The smallest absolute Gasteiger partial charge is 0.181 e. The van der Waals surface area contributed by atoms with Crippen LogP contribution in [0.3, 0.4) is 0 Å². The van der Waals surface area contributed by atoms with Crippen molar-refractivity contribution in [1.82, 2.24) is 20.2 Å². The summed E-state index contributed by atoms with van der Waals surface area (Å²) in [5.41, 5.74) is 8.52. The molecule has 6 nitrogen and oxygen atoms in total. The van der Waals surface area contributed by atoms with Crippen LogP contribution in [0.15, 0.2) is 36.5 Å². The summed E-state index contributed by atoms with van der Waals surface area (Å²) in [6.45, 7) is 5.06. The van der Waals surface area contributed by atoms with Crippen LogP contribution in [-0.4, -0.2) is 32.8 Å². The van der Waals surface area contributed by atoms with Gasteiger partial charge in [0.1, 0.15) is 5.82 Å². The largest absolute Gasteiger partial charge is 0.368 e. The predicted molar refractivity (Wildman–Crippen MR) is 99.4 cm³/mol. The zero-order valence-corrected chi connectivity index (χ0v) is 13.5. The van der Waals surface area contributed by atoms with Gasteiger partial charge in [0.15, 0.2) is 5.65 Å². The van der Waals surface area contributed by atoms with Crippen molar-refractivity contribution in [2.45, 2.75) is 26.3 Å². The summed E-state index contributed by atoms with van der Waals surface area (Å²) >= 11 is 0. The topological polar surface area (TPSA) is 92.5 Å². The van der Waals surface area contributed by atoms with Gasteiger partial charge in [-0.1, -0.05) is 19.9 Å². The number of anilines is 1. The van der Waals surface area contributed by atoms with Crippen LogP contribution in [0.2, 0.25) is 0 Å². The molecule has 0 saturated heterocycles. The molecule has 0 aliphatic carbocycles. The molecule has 3 rings (SSSR count). The predicted octanol–water partition coefficient (Wildman–Crippen LogP) is 3.54. The first kappa shape index (κ1) is 15.4. The van der Waals surface area contributed by atoms with E-state index in [1.807, 2.05) is 30.3 Å². The van der Waals surface area contributed by atoms with Crippen molar-refractivity contribution < 1.29 is 4.28 Å². The van der Waals surface area contributed by atoms with E-state index in [-0.39, 0.29) is 10.3 Å². The Bertz CT molecular complexity index is 793. The van der Waals surface area contributed by atoms with Crippen LogP contribution in [0.4, 0.5) is 5.82 Å². The Morgan fingerprint density at radius 3 is 2.96 bits per heavy atom. The fraction of sp³-hybridized carbons (Fsp3) is 0.353. The van der Waals surface area contributed by atoms with E-state index in [0.29, 0.717) is 18.1 Å². The van der Waals surface area contributed by atoms with Crippen LogP contribution in [-0.2, 0) is 0 Å². The molecule has 0 aromatic carbocycles. The highest BCUT2D eigenvalue weighted by Gasteiger charge is 2.10. The fourth-order valence-corrected chi connectivity index (χ4v) is 2.64. The first-order chi connectivity index (χ1) is 11.1. The molecule has 0 aliphatic heterocycles. The maximum absolute atomic E-state index is 6.11. The van der Waals surface area contributed by atoms with E-state index in [9.17, 15) is 0 Å². The maximum Gasteiger partial charge on any atom is 0.181 e. The molecule has 0 radical (unpaired) electrons. The lowest BCUT2D eigenvalue weighted by atomic mass is 10.0. The summed E-state index contributed by atoms with van der Waals surface area (Å²) in [5, 5.41) is 11.5. The van der Waals surface area contributed by atoms with Crippen LogP contribution in [0.25, 0.3) is 22.4 Å². The Labute approximate surface area is 140 Å². The minimum absolute atomic E-state index is 0. The molecule has 23 heavy (non-hydrogen) atoms. The molecule has 4 N–H and O–H groups in total. The molecule has 126 valence electrons. The fourth-order valence-electron chi connectivity index (χ4n) is 2.64. The number of aromatic amines is 1. The van der Waals surface area contributed by atoms with Crippen LogP contribution < -0.4 is 11.1 Å². The van der Waals surface area contributed by atoms with Gasteiger partial charge in [-0.2, -0.15) is 5.10 Å². The van der Waals surface area contributed by atoms with Crippen molar-refractivity contribution in [3.05, 3.63) is 36.5 Å². The minimum atomic E-state index is 0. The summed E-state index contributed by atoms with van der Waals surface area (Å²) in [5.74, 6) is 1.41. The summed E-state index contributed by atoms with van der Waals surface area (Å²) in [7, 11) is 0. The van der Waals surface area contributed by atoms with E-state index in [0.717, 1.165) is 29.0 Å². The van der Waals surface area contributed by atoms with Crippen LogP contribution in [0.1, 0.15) is 24.5 Å². The highest BCUT2D eigenvalue weighted by atomic mass is 15.2. The summed E-state index contributed by atoms with van der Waals surface area (Å²) < 4.78 is 0. The second-order valence-electron chi connectivity index (χ2n) is 6.15. The molecule has 1 atom stereocenters. The zero-order valence-electron chi connectivity index (χ0n) is 13.5. The number of aromatic nitrogens is 4. The Morgan fingerprint density at radius 2 is 2.13 bits per heavy atom. The van der Waals surface area contributed by atoms with Gasteiger partial charge in [-0.25, -0.2) is 9.97 Å². The van der Waals surface area contributed by atoms with Gasteiger partial charge in [-0.15, -0.1) is 0 Å². The van der Waals surface area contributed by atoms with Crippen molar-refractivity contribution in [3.63, 3.8) is 0 Å². The molecule has 0 fully saturated rings. The van der Waals surface area contributed by atoms with Crippen molar-refractivity contribution in [1.29, 1.82) is 0 Å². The quantitative estimate of drug-likeness (QED) is 0.647. The first-order valence-electron chi connectivity index (χ1n) is 7.89. The Kier molecular flexibility index (Phi) is 4.52. The summed E-state index contributed by atoms with van der Waals surface area (Å²) in [6.07, 6.45) is 2.72. The molecule has 0 unspecified atom stereocenters. The van der Waals surface area contributed by atoms with Crippen molar-refractivity contribution >= 4 is 16.9 Å². The number of hydrogen-bond donors (Lipinski definition) is 3. The number of hydrogen-bond acceptors (Lipinski definition) is 5. The summed E-state index contributed by atoms with van der Waals surface area (Å²) in [4.78, 5) is 8.89. The van der Waals surface area contributed by atoms with E-state index in [2.05, 4.69) is 39.3 Å². The molecular formula is C17H28N6. The van der Waals surface area contributed by atoms with Gasteiger partial charge in [0.2, 0.25) is 0 Å². The third-order valence-electron chi connectivity index (χ3n) is 3.65. The van der Waals surface area contributed by atoms with Gasteiger partial charge < -0.3 is 11.1 Å². The average molecular weight is 316 g/mol. The van der Waals surface area contributed by atoms with Gasteiger partial charge in [-0.05, 0) is 36.6 Å². The number of nitrogens with one attached hydrogen (secondary N) is 2. The molecule has 3 heterocycles. The number of fused-ring (bicyclic) bond motifs is 1.